The number of halogens is 1. The van der Waals surface area contributed by atoms with Gasteiger partial charge in [-0.25, -0.2) is 4.79 Å². The first-order chi connectivity index (χ1) is 6.58. The molecule has 1 heterocycles. The van der Waals surface area contributed by atoms with Crippen LogP contribution >= 0.6 is 11.6 Å². The predicted octanol–water partition coefficient (Wildman–Crippen LogP) is 1.27. The van der Waals surface area contributed by atoms with Gasteiger partial charge in [-0.1, -0.05) is 11.6 Å². The molecular formula is C9H7ClNO3+. The summed E-state index contributed by atoms with van der Waals surface area (Å²) in [6.45, 7) is 1.78. The van der Waals surface area contributed by atoms with Gasteiger partial charge in [0.15, 0.2) is 0 Å². The van der Waals surface area contributed by atoms with Crippen molar-refractivity contribution >= 4 is 22.5 Å². The van der Waals surface area contributed by atoms with Crippen molar-refractivity contribution in [3.63, 3.8) is 0 Å². The standard InChI is InChI=1S/C9H6ClNO3/c1-4-2-5(10)3-6-7(4)11-9(13)14-8(6)12/h2-3H,1H3,(H,11,13)/p+1. The van der Waals surface area contributed by atoms with Crippen LogP contribution in [0.4, 0.5) is 0 Å². The molecule has 0 saturated heterocycles. The molecule has 0 radical (unpaired) electrons. The van der Waals surface area contributed by atoms with Gasteiger partial charge in [-0.05, 0) is 19.1 Å². The third kappa shape index (κ3) is 1.33. The molecule has 14 heavy (non-hydrogen) atoms. The molecule has 2 N–H and O–H groups in total. The monoisotopic (exact) mass is 212 g/mol. The summed E-state index contributed by atoms with van der Waals surface area (Å²) in [5.41, 5.74) is 0.695. The fourth-order valence-corrected chi connectivity index (χ4v) is 1.62. The molecule has 5 heteroatoms. The second-order valence-corrected chi connectivity index (χ2v) is 3.40. The van der Waals surface area contributed by atoms with Gasteiger partial charge in [0.1, 0.15) is 5.39 Å². The molecule has 0 saturated carbocycles. The summed E-state index contributed by atoms with van der Waals surface area (Å²) in [4.78, 5) is 13.9. The third-order valence-corrected chi connectivity index (χ3v) is 2.16. The number of fused-ring (bicyclic) bond motifs is 1. The summed E-state index contributed by atoms with van der Waals surface area (Å²) < 4.78 is 4.49. The topological polar surface area (TPSA) is 64.6 Å². The van der Waals surface area contributed by atoms with Gasteiger partial charge < -0.3 is 9.52 Å². The molecule has 0 atom stereocenters. The molecule has 0 aliphatic heterocycles. The number of benzene rings is 1. The highest BCUT2D eigenvalue weighted by atomic mass is 35.5. The van der Waals surface area contributed by atoms with Gasteiger partial charge in [0.2, 0.25) is 5.52 Å². The summed E-state index contributed by atoms with van der Waals surface area (Å²) in [5, 5.41) is 9.84. The van der Waals surface area contributed by atoms with E-state index >= 15 is 0 Å². The lowest BCUT2D eigenvalue weighted by atomic mass is 10.1. The maximum Gasteiger partial charge on any atom is 0.559 e. The number of nitrogens with one attached hydrogen (secondary N) is 1. The van der Waals surface area contributed by atoms with Gasteiger partial charge in [-0.15, -0.1) is 4.98 Å². The van der Waals surface area contributed by atoms with Crippen LogP contribution in [0.25, 0.3) is 10.9 Å². The molecule has 0 fully saturated rings. The Hall–Kier alpha value is -1.55. The minimum absolute atomic E-state index is 0.327. The van der Waals surface area contributed by atoms with E-state index in [-0.39, 0.29) is 0 Å². The van der Waals surface area contributed by atoms with Crippen molar-refractivity contribution in [2.45, 2.75) is 6.92 Å². The maximum atomic E-state index is 11.3. The van der Waals surface area contributed by atoms with E-state index in [9.17, 15) is 4.79 Å². The van der Waals surface area contributed by atoms with Gasteiger partial charge in [0, 0.05) is 10.6 Å². The number of rotatable bonds is 0. The molecule has 0 unspecified atom stereocenters. The van der Waals surface area contributed by atoms with Crippen LogP contribution in [-0.4, -0.2) is 5.11 Å². The average molecular weight is 213 g/mol. The number of hydrogen-bond acceptors (Lipinski definition) is 3. The van der Waals surface area contributed by atoms with Gasteiger partial charge in [-0.2, -0.15) is 0 Å². The van der Waals surface area contributed by atoms with E-state index in [1.54, 1.807) is 13.0 Å². The molecule has 72 valence electrons. The van der Waals surface area contributed by atoms with Crippen LogP contribution in [0.2, 0.25) is 5.02 Å². The Bertz CT molecular complexity index is 562. The van der Waals surface area contributed by atoms with E-state index in [0.717, 1.165) is 5.56 Å². The average Bonchev–Trinajstić information content (AvgIpc) is 2.07. The number of aromatic hydroxyl groups is 1. The minimum atomic E-state index is -0.609. The number of aryl methyl sites for hydroxylation is 1. The van der Waals surface area contributed by atoms with E-state index in [2.05, 4.69) is 9.40 Å². The van der Waals surface area contributed by atoms with Crippen LogP contribution in [0.1, 0.15) is 5.56 Å². The molecule has 4 nitrogen and oxygen atoms in total. The van der Waals surface area contributed by atoms with Crippen LogP contribution in [0.3, 0.4) is 0 Å². The molecule has 2 aromatic rings. The van der Waals surface area contributed by atoms with Crippen LogP contribution in [-0.2, 0) is 0 Å². The van der Waals surface area contributed by atoms with Crippen molar-refractivity contribution < 1.29 is 14.5 Å². The molecule has 0 aliphatic carbocycles. The predicted molar refractivity (Wildman–Crippen MR) is 50.5 cm³/mol. The van der Waals surface area contributed by atoms with Crippen molar-refractivity contribution in [1.29, 1.82) is 0 Å². The minimum Gasteiger partial charge on any atom is -0.429 e. The number of H-pyrrole nitrogens is 1. The normalized spacial score (nSPS) is 10.7. The molecule has 2 rings (SSSR count). The first-order valence-electron chi connectivity index (χ1n) is 3.93. The molecule has 0 bridgehead atoms. The SMILES string of the molecule is Cc1cc(Cl)cc2c(=O)oc(O)[nH+]c12. The summed E-state index contributed by atoms with van der Waals surface area (Å²) in [6.07, 6.45) is -0.507. The lowest BCUT2D eigenvalue weighted by Gasteiger charge is -1.95. The lowest BCUT2D eigenvalue weighted by Crippen LogP contribution is -2.13. The van der Waals surface area contributed by atoms with Gasteiger partial charge in [-0.3, -0.25) is 0 Å². The largest absolute Gasteiger partial charge is 0.559 e. The summed E-state index contributed by atoms with van der Waals surface area (Å²) >= 11 is 5.78. The molecule has 0 aliphatic rings. The molecule has 0 amide bonds. The van der Waals surface area contributed by atoms with Crippen molar-refractivity contribution in [2.24, 2.45) is 0 Å². The van der Waals surface area contributed by atoms with Crippen LogP contribution < -0.4 is 10.6 Å². The van der Waals surface area contributed by atoms with E-state index in [0.29, 0.717) is 15.9 Å². The summed E-state index contributed by atoms with van der Waals surface area (Å²) in [6, 6.07) is 3.19. The van der Waals surface area contributed by atoms with E-state index in [4.69, 9.17) is 16.7 Å². The molecule has 1 aromatic carbocycles. The smallest absolute Gasteiger partial charge is 0.429 e. The zero-order chi connectivity index (χ0) is 10.3. The van der Waals surface area contributed by atoms with Gasteiger partial charge in [0.05, 0.1) is 0 Å². The highest BCUT2D eigenvalue weighted by Gasteiger charge is 2.14. The first-order valence-corrected chi connectivity index (χ1v) is 4.31. The fourth-order valence-electron chi connectivity index (χ4n) is 1.35. The first kappa shape index (κ1) is 9.02. The molecule has 1 aromatic heterocycles. The van der Waals surface area contributed by atoms with Crippen LogP contribution in [0.5, 0.6) is 6.08 Å². The molecular weight excluding hydrogens is 206 g/mol. The lowest BCUT2D eigenvalue weighted by molar-refractivity contribution is -0.385. The zero-order valence-corrected chi connectivity index (χ0v) is 8.05. The Labute approximate surface area is 83.8 Å². The van der Waals surface area contributed by atoms with Crippen LogP contribution in [0.15, 0.2) is 21.3 Å². The number of aromatic nitrogens is 1. The van der Waals surface area contributed by atoms with Crippen molar-refractivity contribution in [3.8, 4) is 6.08 Å². The van der Waals surface area contributed by atoms with Crippen molar-refractivity contribution in [1.82, 2.24) is 0 Å². The van der Waals surface area contributed by atoms with Crippen molar-refractivity contribution in [2.75, 3.05) is 0 Å². The van der Waals surface area contributed by atoms with E-state index in [1.165, 1.54) is 6.07 Å². The number of hydrogen-bond donors (Lipinski definition) is 1. The van der Waals surface area contributed by atoms with Gasteiger partial charge in [0.25, 0.3) is 0 Å². The fraction of sp³-hybridized carbons (Fsp3) is 0.111. The van der Waals surface area contributed by atoms with E-state index in [1.807, 2.05) is 0 Å². The third-order valence-electron chi connectivity index (χ3n) is 1.94. The Morgan fingerprint density at radius 1 is 1.50 bits per heavy atom. The Morgan fingerprint density at radius 2 is 2.21 bits per heavy atom. The van der Waals surface area contributed by atoms with Crippen molar-refractivity contribution in [3.05, 3.63) is 33.1 Å². The highest BCUT2D eigenvalue weighted by molar-refractivity contribution is 6.31. The highest BCUT2D eigenvalue weighted by Crippen LogP contribution is 2.18. The summed E-state index contributed by atoms with van der Waals surface area (Å²) in [5.74, 6) is 0. The Balaban J connectivity index is 3.02. The van der Waals surface area contributed by atoms with E-state index < -0.39 is 11.7 Å². The Morgan fingerprint density at radius 3 is 2.93 bits per heavy atom. The second-order valence-electron chi connectivity index (χ2n) is 2.96. The van der Waals surface area contributed by atoms with Crippen LogP contribution in [0, 0.1) is 6.92 Å². The summed E-state index contributed by atoms with van der Waals surface area (Å²) in [7, 11) is 0. The number of aromatic amines is 1. The second kappa shape index (κ2) is 2.99. The molecule has 0 spiro atoms. The maximum absolute atomic E-state index is 11.3. The Kier molecular flexibility index (Phi) is 1.93. The quantitative estimate of drug-likeness (QED) is 0.715. The van der Waals surface area contributed by atoms with Gasteiger partial charge >= 0.3 is 11.7 Å². The zero-order valence-electron chi connectivity index (χ0n) is 7.30.